The zero-order valence-electron chi connectivity index (χ0n) is 28.0. The van der Waals surface area contributed by atoms with Gasteiger partial charge < -0.3 is 35.8 Å². The molecule has 0 saturated heterocycles. The van der Waals surface area contributed by atoms with E-state index >= 15 is 0 Å². The fourth-order valence-corrected chi connectivity index (χ4v) is 5.45. The van der Waals surface area contributed by atoms with Crippen LogP contribution in [0, 0.1) is 5.41 Å². The maximum absolute atomic E-state index is 13.0. The SMILES string of the molecule is COC(=O)[C@@H](CCNC(=O)C(=O)CCC1(CO)CC1)NC(=O)c1ccc(Nc2nc(NC3(c4ccc(Cl)cc4)CC3)nc(OCC(F)(F)F)n2)cc1. The van der Waals surface area contributed by atoms with Crippen LogP contribution in [0.3, 0.4) is 0 Å². The largest absolute Gasteiger partial charge is 0.467 e. The number of nitrogens with one attached hydrogen (secondary N) is 4. The van der Waals surface area contributed by atoms with Gasteiger partial charge in [-0.1, -0.05) is 23.7 Å². The van der Waals surface area contributed by atoms with E-state index in [1.54, 1.807) is 12.1 Å². The second kappa shape index (κ2) is 16.1. The first-order chi connectivity index (χ1) is 24.7. The first kappa shape index (κ1) is 38.2. The number of aliphatic hydroxyl groups excluding tert-OH is 1. The van der Waals surface area contributed by atoms with Gasteiger partial charge in [-0.3, -0.25) is 14.4 Å². The van der Waals surface area contributed by atoms with Gasteiger partial charge in [0.2, 0.25) is 17.7 Å². The quantitative estimate of drug-likeness (QED) is 0.0921. The Morgan fingerprint density at radius 2 is 1.63 bits per heavy atom. The monoisotopic (exact) mass is 747 g/mol. The van der Waals surface area contributed by atoms with Crippen LogP contribution in [0.25, 0.3) is 0 Å². The third-order valence-electron chi connectivity index (χ3n) is 8.82. The van der Waals surface area contributed by atoms with Crippen LogP contribution in [0.4, 0.5) is 30.8 Å². The Labute approximate surface area is 301 Å². The van der Waals surface area contributed by atoms with E-state index in [0.717, 1.165) is 25.5 Å². The number of ketones is 1. The minimum Gasteiger partial charge on any atom is -0.467 e. The molecule has 18 heteroatoms. The molecule has 3 aromatic rings. The number of ether oxygens (including phenoxy) is 2. The maximum Gasteiger partial charge on any atom is 0.422 e. The number of benzene rings is 2. The smallest absolute Gasteiger partial charge is 0.422 e. The molecular weight excluding hydrogens is 711 g/mol. The van der Waals surface area contributed by atoms with Crippen molar-refractivity contribution in [1.29, 1.82) is 0 Å². The fourth-order valence-electron chi connectivity index (χ4n) is 5.32. The van der Waals surface area contributed by atoms with Crippen molar-refractivity contribution in [2.24, 2.45) is 5.41 Å². The van der Waals surface area contributed by atoms with Gasteiger partial charge in [0, 0.05) is 35.8 Å². The number of esters is 1. The first-order valence-electron chi connectivity index (χ1n) is 16.4. The number of anilines is 3. The molecule has 2 fully saturated rings. The summed E-state index contributed by atoms with van der Waals surface area (Å²) in [4.78, 5) is 62.2. The van der Waals surface area contributed by atoms with Gasteiger partial charge in [0.25, 0.3) is 11.8 Å². The van der Waals surface area contributed by atoms with Crippen LogP contribution in [0.1, 0.15) is 60.9 Å². The van der Waals surface area contributed by atoms with E-state index in [-0.39, 0.29) is 48.9 Å². The number of methoxy groups -OCH3 is 1. The lowest BCUT2D eigenvalue weighted by atomic mass is 9.99. The summed E-state index contributed by atoms with van der Waals surface area (Å²) in [5.74, 6) is -3.02. The van der Waals surface area contributed by atoms with Crippen LogP contribution >= 0.6 is 11.6 Å². The average Bonchev–Trinajstić information content (AvgIpc) is 4.06. The number of amides is 2. The average molecular weight is 748 g/mol. The number of hydrogen-bond acceptors (Lipinski definition) is 12. The third kappa shape index (κ3) is 10.5. The van der Waals surface area contributed by atoms with Crippen molar-refractivity contribution in [2.75, 3.05) is 37.5 Å². The summed E-state index contributed by atoms with van der Waals surface area (Å²) in [6, 6.07) is 11.2. The number of aliphatic hydroxyl groups is 1. The molecule has 1 heterocycles. The van der Waals surface area contributed by atoms with Crippen molar-refractivity contribution in [2.45, 2.75) is 62.7 Å². The molecule has 2 aliphatic rings. The van der Waals surface area contributed by atoms with Crippen LogP contribution in [-0.4, -0.2) is 82.7 Å². The Kier molecular flexibility index (Phi) is 11.8. The van der Waals surface area contributed by atoms with E-state index in [1.807, 2.05) is 12.1 Å². The summed E-state index contributed by atoms with van der Waals surface area (Å²) in [6.45, 7) is -1.75. The van der Waals surface area contributed by atoms with Crippen molar-refractivity contribution in [3.05, 3.63) is 64.7 Å². The van der Waals surface area contributed by atoms with Gasteiger partial charge in [-0.25, -0.2) is 4.79 Å². The fraction of sp³-hybridized carbons (Fsp3) is 0.441. The number of hydrogen-bond donors (Lipinski definition) is 5. The summed E-state index contributed by atoms with van der Waals surface area (Å²) >= 11 is 6.02. The molecule has 1 aromatic heterocycles. The van der Waals surface area contributed by atoms with Crippen molar-refractivity contribution < 1.29 is 46.9 Å². The second-order valence-electron chi connectivity index (χ2n) is 12.8. The Morgan fingerprint density at radius 1 is 0.962 bits per heavy atom. The highest BCUT2D eigenvalue weighted by atomic mass is 35.5. The van der Waals surface area contributed by atoms with Crippen LogP contribution < -0.4 is 26.0 Å². The zero-order valence-corrected chi connectivity index (χ0v) is 28.8. The molecule has 5 N–H and O–H groups in total. The Balaban J connectivity index is 1.20. The minimum atomic E-state index is -4.63. The second-order valence-corrected chi connectivity index (χ2v) is 13.2. The molecule has 14 nitrogen and oxygen atoms in total. The Morgan fingerprint density at radius 3 is 2.23 bits per heavy atom. The van der Waals surface area contributed by atoms with E-state index in [4.69, 9.17) is 21.1 Å². The lowest BCUT2D eigenvalue weighted by Crippen LogP contribution is -2.44. The zero-order chi connectivity index (χ0) is 37.5. The summed E-state index contributed by atoms with van der Waals surface area (Å²) < 4.78 is 48.4. The molecule has 2 aromatic carbocycles. The third-order valence-corrected chi connectivity index (χ3v) is 9.07. The lowest BCUT2D eigenvalue weighted by Gasteiger charge is -2.19. The molecule has 0 aliphatic heterocycles. The molecule has 5 rings (SSSR count). The Hall–Kier alpha value is -5.03. The van der Waals surface area contributed by atoms with Crippen molar-refractivity contribution >= 4 is 52.8 Å². The number of Topliss-reactive ketones (excluding diaryl/α,β-unsaturated/α-hetero) is 1. The van der Waals surface area contributed by atoms with Gasteiger partial charge in [0.05, 0.1) is 12.6 Å². The standard InChI is InChI=1S/C34H37ClF3N7O7/c1-51-28(50)24(11-17-39-27(49)25(47)10-12-32(18-46)13-14-32)41-26(48)20-2-8-23(9-3-20)40-29-42-30(44-31(43-29)52-19-34(36,37)38)45-33(15-16-33)21-4-6-22(35)7-5-21/h2-9,24,46H,10-19H2,1H3,(H,39,49)(H,41,48)(H2,40,42,43,44,45)/t24-/m1/s1. The summed E-state index contributed by atoms with van der Waals surface area (Å²) in [5, 5.41) is 21.0. The number of alkyl halides is 3. The summed E-state index contributed by atoms with van der Waals surface area (Å²) in [7, 11) is 1.14. The van der Waals surface area contributed by atoms with E-state index in [0.29, 0.717) is 30.0 Å². The molecule has 52 heavy (non-hydrogen) atoms. The first-order valence-corrected chi connectivity index (χ1v) is 16.8. The van der Waals surface area contributed by atoms with E-state index in [1.165, 1.54) is 24.3 Å². The number of carbonyl (C=O) groups is 4. The minimum absolute atomic E-state index is 0.00221. The van der Waals surface area contributed by atoms with Crippen LogP contribution in [0.2, 0.25) is 5.02 Å². The van der Waals surface area contributed by atoms with Crippen LogP contribution in [0.5, 0.6) is 6.01 Å². The van der Waals surface area contributed by atoms with Crippen molar-refractivity contribution in [3.63, 3.8) is 0 Å². The van der Waals surface area contributed by atoms with Gasteiger partial charge in [-0.15, -0.1) is 0 Å². The molecule has 2 amide bonds. The number of aromatic nitrogens is 3. The summed E-state index contributed by atoms with van der Waals surface area (Å²) in [6.07, 6.45) is -1.23. The van der Waals surface area contributed by atoms with Gasteiger partial charge >= 0.3 is 18.2 Å². The van der Waals surface area contributed by atoms with Crippen LogP contribution in [-0.2, 0) is 24.7 Å². The van der Waals surface area contributed by atoms with E-state index < -0.39 is 53.9 Å². The number of carbonyl (C=O) groups excluding carboxylic acids is 4. The highest BCUT2D eigenvalue weighted by Gasteiger charge is 2.45. The predicted molar refractivity (Wildman–Crippen MR) is 181 cm³/mol. The number of rotatable bonds is 18. The highest BCUT2D eigenvalue weighted by molar-refractivity contribution is 6.36. The van der Waals surface area contributed by atoms with Crippen molar-refractivity contribution in [1.82, 2.24) is 25.6 Å². The normalized spacial score (nSPS) is 15.8. The van der Waals surface area contributed by atoms with Gasteiger partial charge in [0.15, 0.2) is 6.61 Å². The van der Waals surface area contributed by atoms with Gasteiger partial charge in [-0.05, 0) is 85.9 Å². The van der Waals surface area contributed by atoms with Gasteiger partial charge in [-0.2, -0.15) is 28.1 Å². The van der Waals surface area contributed by atoms with Crippen LogP contribution in [0.15, 0.2) is 48.5 Å². The highest BCUT2D eigenvalue weighted by Crippen LogP contribution is 2.49. The molecular formula is C34H37ClF3N7O7. The lowest BCUT2D eigenvalue weighted by molar-refractivity contribution is -0.154. The van der Waals surface area contributed by atoms with E-state index in [9.17, 15) is 37.5 Å². The molecule has 1 atom stereocenters. The summed E-state index contributed by atoms with van der Waals surface area (Å²) in [5.41, 5.74) is 0.573. The number of halogens is 4. The number of nitrogens with zero attached hydrogens (tertiary/aromatic N) is 3. The van der Waals surface area contributed by atoms with E-state index in [2.05, 4.69) is 36.2 Å². The van der Waals surface area contributed by atoms with Crippen molar-refractivity contribution in [3.8, 4) is 6.01 Å². The molecule has 278 valence electrons. The molecule has 0 spiro atoms. The molecule has 0 unspecified atom stereocenters. The maximum atomic E-state index is 13.0. The molecule has 2 aliphatic carbocycles. The molecule has 0 radical (unpaired) electrons. The topological polar surface area (TPSA) is 194 Å². The molecule has 2 saturated carbocycles. The molecule has 0 bridgehead atoms. The van der Waals surface area contributed by atoms with Gasteiger partial charge in [0.1, 0.15) is 6.04 Å². The predicted octanol–water partition coefficient (Wildman–Crippen LogP) is 4.21. The Bertz CT molecular complexity index is 1770.